The van der Waals surface area contributed by atoms with Gasteiger partial charge in [0.2, 0.25) is 5.91 Å². The van der Waals surface area contributed by atoms with Gasteiger partial charge in [-0.2, -0.15) is 13.2 Å². The summed E-state index contributed by atoms with van der Waals surface area (Å²) in [6, 6.07) is 4.83. The van der Waals surface area contributed by atoms with Gasteiger partial charge in [0.1, 0.15) is 0 Å². The van der Waals surface area contributed by atoms with Crippen LogP contribution < -0.4 is 11.1 Å². The number of nitrogens with one attached hydrogen (secondary N) is 1. The molecule has 2 rings (SSSR count). The quantitative estimate of drug-likeness (QED) is 0.818. The van der Waals surface area contributed by atoms with E-state index in [1.165, 1.54) is 12.1 Å². The number of rotatable bonds is 2. The summed E-state index contributed by atoms with van der Waals surface area (Å²) < 4.78 is 38.0. The molecule has 1 fully saturated rings. The van der Waals surface area contributed by atoms with Crippen LogP contribution in [-0.4, -0.2) is 29.0 Å². The highest BCUT2D eigenvalue weighted by molar-refractivity contribution is 7.80. The molecule has 0 spiro atoms. The molecule has 1 saturated heterocycles. The summed E-state index contributed by atoms with van der Waals surface area (Å²) in [7, 11) is 0. The molecule has 1 unspecified atom stereocenters. The van der Waals surface area contributed by atoms with Crippen molar-refractivity contribution in [2.75, 3.05) is 18.4 Å². The lowest BCUT2D eigenvalue weighted by atomic mass is 9.98. The molecule has 22 heavy (non-hydrogen) atoms. The molecule has 1 aliphatic heterocycles. The summed E-state index contributed by atoms with van der Waals surface area (Å²) in [6.07, 6.45) is -2.93. The van der Waals surface area contributed by atoms with E-state index >= 15 is 0 Å². The second-order valence-electron chi connectivity index (χ2n) is 5.20. The van der Waals surface area contributed by atoms with Gasteiger partial charge in [0, 0.05) is 18.8 Å². The van der Waals surface area contributed by atoms with E-state index in [1.54, 1.807) is 4.90 Å². The van der Waals surface area contributed by atoms with E-state index in [0.717, 1.165) is 18.6 Å². The van der Waals surface area contributed by atoms with E-state index in [4.69, 9.17) is 18.0 Å². The highest BCUT2D eigenvalue weighted by Crippen LogP contribution is 2.30. The number of likely N-dealkylation sites (tertiary alicyclic amines) is 1. The van der Waals surface area contributed by atoms with Gasteiger partial charge < -0.3 is 16.0 Å². The smallest absolute Gasteiger partial charge is 0.369 e. The second kappa shape index (κ2) is 6.51. The van der Waals surface area contributed by atoms with Crippen LogP contribution in [0.25, 0.3) is 0 Å². The highest BCUT2D eigenvalue weighted by Gasteiger charge is 2.30. The van der Waals surface area contributed by atoms with Crippen molar-refractivity contribution in [3.8, 4) is 0 Å². The van der Waals surface area contributed by atoms with E-state index in [1.807, 2.05) is 0 Å². The predicted molar refractivity (Wildman–Crippen MR) is 81.2 cm³/mol. The van der Waals surface area contributed by atoms with Crippen LogP contribution in [-0.2, 0) is 11.0 Å². The van der Waals surface area contributed by atoms with Crippen LogP contribution >= 0.6 is 12.2 Å². The number of benzene rings is 1. The maximum atomic E-state index is 12.7. The fourth-order valence-electron chi connectivity index (χ4n) is 2.37. The number of piperidine rings is 1. The fourth-order valence-corrected chi connectivity index (χ4v) is 2.65. The molecule has 1 atom stereocenters. The zero-order valence-electron chi connectivity index (χ0n) is 11.7. The number of halogens is 3. The van der Waals surface area contributed by atoms with Crippen LogP contribution in [0.2, 0.25) is 0 Å². The van der Waals surface area contributed by atoms with Crippen LogP contribution in [0.5, 0.6) is 0 Å². The minimum absolute atomic E-state index is 0.265. The molecule has 1 aromatic carbocycles. The molecule has 1 heterocycles. The summed E-state index contributed by atoms with van der Waals surface area (Å²) in [5.41, 5.74) is 4.82. The van der Waals surface area contributed by atoms with Gasteiger partial charge in [0.25, 0.3) is 0 Å². The molecule has 8 heteroatoms. The summed E-state index contributed by atoms with van der Waals surface area (Å²) >= 11 is 5.21. The van der Waals surface area contributed by atoms with Crippen LogP contribution in [0.3, 0.4) is 0 Å². The molecule has 0 aromatic heterocycles. The first-order chi connectivity index (χ1) is 10.3. The third-order valence-electron chi connectivity index (χ3n) is 3.55. The molecule has 1 aromatic rings. The average molecular weight is 331 g/mol. The third-order valence-corrected chi connectivity index (χ3v) is 3.91. The van der Waals surface area contributed by atoms with Gasteiger partial charge in [-0.05, 0) is 43.3 Å². The number of hydrogen-bond donors (Lipinski definition) is 2. The maximum absolute atomic E-state index is 12.7. The van der Waals surface area contributed by atoms with Crippen molar-refractivity contribution in [2.45, 2.75) is 19.0 Å². The molecule has 0 radical (unpaired) electrons. The lowest BCUT2D eigenvalue weighted by Crippen LogP contribution is -2.45. The number of nitrogens with zero attached hydrogens (tertiary/aromatic N) is 1. The summed E-state index contributed by atoms with van der Waals surface area (Å²) in [5.74, 6) is -0.665. The lowest BCUT2D eigenvalue weighted by molar-refractivity contribution is -0.137. The van der Waals surface area contributed by atoms with Crippen molar-refractivity contribution >= 4 is 28.9 Å². The maximum Gasteiger partial charge on any atom is 0.416 e. The topological polar surface area (TPSA) is 58.4 Å². The standard InChI is InChI=1S/C14H16F3N3OS/c15-14(16,17)10-4-1-5-11(7-10)19-13(22)20-6-2-3-9(8-20)12(18)21/h1,4-5,7,9H,2-3,6,8H2,(H2,18,21)(H,19,22). The monoisotopic (exact) mass is 331 g/mol. The van der Waals surface area contributed by atoms with Gasteiger partial charge in [-0.1, -0.05) is 6.07 Å². The predicted octanol–water partition coefficient (Wildman–Crippen LogP) is 2.60. The largest absolute Gasteiger partial charge is 0.416 e. The van der Waals surface area contributed by atoms with Crippen LogP contribution in [0, 0.1) is 5.92 Å². The van der Waals surface area contributed by atoms with Gasteiger partial charge in [0.05, 0.1) is 11.5 Å². The van der Waals surface area contributed by atoms with Crippen molar-refractivity contribution in [2.24, 2.45) is 11.7 Å². The molecule has 120 valence electrons. The molecule has 0 saturated carbocycles. The Morgan fingerprint density at radius 1 is 1.41 bits per heavy atom. The van der Waals surface area contributed by atoms with Gasteiger partial charge >= 0.3 is 6.18 Å². The Labute approximate surface area is 131 Å². The lowest BCUT2D eigenvalue weighted by Gasteiger charge is -2.33. The van der Waals surface area contributed by atoms with E-state index in [0.29, 0.717) is 24.6 Å². The molecule has 1 aliphatic rings. The minimum Gasteiger partial charge on any atom is -0.369 e. The molecule has 0 aliphatic carbocycles. The first-order valence-corrected chi connectivity index (χ1v) is 7.20. The number of amides is 1. The van der Waals surface area contributed by atoms with E-state index in [2.05, 4.69) is 5.32 Å². The first kappa shape index (κ1) is 16.5. The molecule has 1 amide bonds. The molecule has 0 bridgehead atoms. The molecular weight excluding hydrogens is 315 g/mol. The van der Waals surface area contributed by atoms with Crippen LogP contribution in [0.15, 0.2) is 24.3 Å². The molecule has 3 N–H and O–H groups in total. The highest BCUT2D eigenvalue weighted by atomic mass is 32.1. The number of alkyl halides is 3. The van der Waals surface area contributed by atoms with Crippen molar-refractivity contribution in [3.05, 3.63) is 29.8 Å². The number of anilines is 1. The summed E-state index contributed by atoms with van der Waals surface area (Å²) in [6.45, 7) is 1.04. The number of thiocarbonyl (C=S) groups is 1. The van der Waals surface area contributed by atoms with E-state index < -0.39 is 11.7 Å². The number of carbonyl (C=O) groups excluding carboxylic acids is 1. The van der Waals surface area contributed by atoms with E-state index in [9.17, 15) is 18.0 Å². The molecule has 4 nitrogen and oxygen atoms in total. The Bertz CT molecular complexity index is 577. The van der Waals surface area contributed by atoms with Crippen molar-refractivity contribution in [3.63, 3.8) is 0 Å². The Morgan fingerprint density at radius 3 is 2.77 bits per heavy atom. The Morgan fingerprint density at radius 2 is 2.14 bits per heavy atom. The summed E-state index contributed by atoms with van der Waals surface area (Å²) in [4.78, 5) is 13.0. The van der Waals surface area contributed by atoms with Gasteiger partial charge in [0.15, 0.2) is 5.11 Å². The normalized spacial score (nSPS) is 18.9. The van der Waals surface area contributed by atoms with E-state index in [-0.39, 0.29) is 17.5 Å². The minimum atomic E-state index is -4.40. The van der Waals surface area contributed by atoms with Gasteiger partial charge in [-0.15, -0.1) is 0 Å². The summed E-state index contributed by atoms with van der Waals surface area (Å²) in [5, 5.41) is 3.09. The third kappa shape index (κ3) is 4.09. The first-order valence-electron chi connectivity index (χ1n) is 6.80. The second-order valence-corrected chi connectivity index (χ2v) is 5.58. The Kier molecular flexibility index (Phi) is 4.90. The van der Waals surface area contributed by atoms with Gasteiger partial charge in [-0.25, -0.2) is 0 Å². The zero-order chi connectivity index (χ0) is 16.3. The zero-order valence-corrected chi connectivity index (χ0v) is 12.5. The number of primary amides is 1. The molecular formula is C14H16F3N3OS. The number of nitrogens with two attached hydrogens (primary N) is 1. The number of carbonyl (C=O) groups is 1. The fraction of sp³-hybridized carbons (Fsp3) is 0.429. The number of hydrogen-bond acceptors (Lipinski definition) is 2. The van der Waals surface area contributed by atoms with Crippen molar-refractivity contribution in [1.29, 1.82) is 0 Å². The van der Waals surface area contributed by atoms with Crippen LogP contribution in [0.4, 0.5) is 18.9 Å². The Hall–Kier alpha value is -1.83. The average Bonchev–Trinajstić information content (AvgIpc) is 2.46. The van der Waals surface area contributed by atoms with Crippen molar-refractivity contribution in [1.82, 2.24) is 4.90 Å². The van der Waals surface area contributed by atoms with Crippen LogP contribution in [0.1, 0.15) is 18.4 Å². The Balaban J connectivity index is 2.04. The van der Waals surface area contributed by atoms with Gasteiger partial charge in [-0.3, -0.25) is 4.79 Å². The SMILES string of the molecule is NC(=O)C1CCCN(C(=S)Nc2cccc(C(F)(F)F)c2)C1. The van der Waals surface area contributed by atoms with Crippen molar-refractivity contribution < 1.29 is 18.0 Å².